The quantitative estimate of drug-likeness (QED) is 0.121. The van der Waals surface area contributed by atoms with E-state index < -0.39 is 40.3 Å². The van der Waals surface area contributed by atoms with E-state index >= 15 is 0 Å². The molecule has 2 heterocycles. The Labute approximate surface area is 239 Å². The van der Waals surface area contributed by atoms with E-state index in [0.29, 0.717) is 16.9 Å². The van der Waals surface area contributed by atoms with Crippen LogP contribution in [-0.2, 0) is 23.9 Å². The van der Waals surface area contributed by atoms with Gasteiger partial charge in [-0.05, 0) is 28.8 Å². The van der Waals surface area contributed by atoms with E-state index in [9.17, 15) is 24.5 Å². The Morgan fingerprint density at radius 1 is 1.05 bits per heavy atom. The van der Waals surface area contributed by atoms with Crippen LogP contribution in [0.15, 0.2) is 101 Å². The second-order valence-electron chi connectivity index (χ2n) is 9.32. The topological polar surface area (TPSA) is 128 Å². The minimum Gasteiger partial charge on any atom is -0.461 e. The van der Waals surface area contributed by atoms with Gasteiger partial charge in [-0.3, -0.25) is 29.6 Å². The summed E-state index contributed by atoms with van der Waals surface area (Å²) in [6.45, 7) is 1.12. The maximum Gasteiger partial charge on any atom is 0.356 e. The Morgan fingerprint density at radius 2 is 1.66 bits per heavy atom. The van der Waals surface area contributed by atoms with E-state index in [4.69, 9.17) is 9.47 Å². The van der Waals surface area contributed by atoms with Crippen molar-refractivity contribution >= 4 is 41.5 Å². The number of thioether (sulfide) groups is 1. The Hall–Kier alpha value is -4.77. The van der Waals surface area contributed by atoms with Crippen molar-refractivity contribution in [3.63, 3.8) is 0 Å². The van der Waals surface area contributed by atoms with Crippen LogP contribution in [0.5, 0.6) is 0 Å². The lowest BCUT2D eigenvalue weighted by molar-refractivity contribution is -0.384. The van der Waals surface area contributed by atoms with Crippen LogP contribution in [-0.4, -0.2) is 57.7 Å². The zero-order chi connectivity index (χ0) is 28.9. The summed E-state index contributed by atoms with van der Waals surface area (Å²) >= 11 is 1.40. The highest BCUT2D eigenvalue weighted by atomic mass is 32.2. The number of rotatable bonds is 9. The van der Waals surface area contributed by atoms with Crippen LogP contribution in [0.25, 0.3) is 0 Å². The van der Waals surface area contributed by atoms with Crippen LogP contribution in [0.4, 0.5) is 5.69 Å². The van der Waals surface area contributed by atoms with Gasteiger partial charge in [-0.1, -0.05) is 60.7 Å². The minimum absolute atomic E-state index is 0.0474. The first-order valence-electron chi connectivity index (χ1n) is 12.7. The zero-order valence-electron chi connectivity index (χ0n) is 21.9. The van der Waals surface area contributed by atoms with Gasteiger partial charge in [0.25, 0.3) is 11.6 Å². The molecule has 0 bridgehead atoms. The Morgan fingerprint density at radius 3 is 2.22 bits per heavy atom. The average Bonchev–Trinajstić information content (AvgIpc) is 2.99. The molecule has 10 nitrogen and oxygen atoms in total. The molecule has 5 rings (SSSR count). The smallest absolute Gasteiger partial charge is 0.356 e. The number of amides is 1. The third-order valence-electron chi connectivity index (χ3n) is 6.58. The predicted molar refractivity (Wildman–Crippen MR) is 152 cm³/mol. The number of esters is 2. The van der Waals surface area contributed by atoms with Crippen molar-refractivity contribution in [3.8, 4) is 0 Å². The molecule has 3 aromatic rings. The van der Waals surface area contributed by atoms with Crippen LogP contribution < -0.4 is 0 Å². The highest BCUT2D eigenvalue weighted by Gasteiger charge is 2.54. The van der Waals surface area contributed by atoms with Gasteiger partial charge >= 0.3 is 11.9 Å². The summed E-state index contributed by atoms with van der Waals surface area (Å²) in [5.74, 6) is -1.29. The predicted octanol–water partition coefficient (Wildman–Crippen LogP) is 4.45. The standard InChI is InChI=1S/C30H25N3O7S/c1-19(34)39-17-23-18-41-29-25(31-16-20-12-14-24(15-13-20)33(37)38)28(35)32(29)26(23)30(36)40-27(21-8-4-2-5-9-21)22-10-6-3-7-11-22/h2-16,25,27,29H,17-18H2,1H3/t25-,29-/m1/s1. The number of hydrogen-bond acceptors (Lipinski definition) is 9. The summed E-state index contributed by atoms with van der Waals surface area (Å²) in [7, 11) is 0. The molecule has 41 heavy (non-hydrogen) atoms. The molecule has 0 aromatic heterocycles. The van der Waals surface area contributed by atoms with Crippen molar-refractivity contribution in [1.82, 2.24) is 4.90 Å². The lowest BCUT2D eigenvalue weighted by Crippen LogP contribution is -2.64. The Bertz CT molecular complexity index is 1490. The first kappa shape index (κ1) is 27.8. The summed E-state index contributed by atoms with van der Waals surface area (Å²) in [5.41, 5.74) is 2.60. The van der Waals surface area contributed by atoms with Crippen molar-refractivity contribution in [3.05, 3.63) is 123 Å². The molecule has 11 heteroatoms. The number of hydrogen-bond donors (Lipinski definition) is 0. The first-order valence-corrected chi connectivity index (χ1v) is 13.8. The van der Waals surface area contributed by atoms with Crippen molar-refractivity contribution in [2.75, 3.05) is 12.4 Å². The molecule has 0 radical (unpaired) electrons. The van der Waals surface area contributed by atoms with Crippen molar-refractivity contribution in [2.24, 2.45) is 4.99 Å². The molecule has 3 aromatic carbocycles. The van der Waals surface area contributed by atoms with Crippen molar-refractivity contribution < 1.29 is 28.8 Å². The largest absolute Gasteiger partial charge is 0.461 e. The van der Waals surface area contributed by atoms with Crippen LogP contribution in [0.1, 0.15) is 29.7 Å². The molecular formula is C30H25N3O7S. The highest BCUT2D eigenvalue weighted by Crippen LogP contribution is 2.43. The van der Waals surface area contributed by atoms with Gasteiger partial charge in [0.1, 0.15) is 17.7 Å². The van der Waals surface area contributed by atoms with Gasteiger partial charge in [0.15, 0.2) is 12.1 Å². The number of aliphatic imine (C=N–C) groups is 1. The second-order valence-corrected chi connectivity index (χ2v) is 10.4. The number of carbonyl (C=O) groups is 3. The van der Waals surface area contributed by atoms with Gasteiger partial charge in [-0.2, -0.15) is 0 Å². The van der Waals surface area contributed by atoms with Gasteiger partial charge in [-0.15, -0.1) is 11.8 Å². The van der Waals surface area contributed by atoms with Crippen molar-refractivity contribution in [1.29, 1.82) is 0 Å². The van der Waals surface area contributed by atoms with Gasteiger partial charge < -0.3 is 9.47 Å². The summed E-state index contributed by atoms with van der Waals surface area (Å²) < 4.78 is 11.3. The van der Waals surface area contributed by atoms with Crippen LogP contribution in [0, 0.1) is 10.1 Å². The number of nitrogens with zero attached hydrogens (tertiary/aromatic N) is 3. The summed E-state index contributed by atoms with van der Waals surface area (Å²) in [5, 5.41) is 10.4. The van der Waals surface area contributed by atoms with Gasteiger partial charge in [-0.25, -0.2) is 4.79 Å². The third-order valence-corrected chi connectivity index (χ3v) is 7.91. The highest BCUT2D eigenvalue weighted by molar-refractivity contribution is 8.00. The average molecular weight is 572 g/mol. The number of nitro groups is 1. The second kappa shape index (κ2) is 12.2. The lowest BCUT2D eigenvalue weighted by atomic mass is 10.0. The van der Waals surface area contributed by atoms with Crippen LogP contribution in [0.2, 0.25) is 0 Å². The number of β-lactam (4-membered cyclic amide) rings is 1. The number of non-ortho nitro benzene ring substituents is 1. The molecule has 2 aliphatic heterocycles. The zero-order valence-corrected chi connectivity index (χ0v) is 22.7. The monoisotopic (exact) mass is 571 g/mol. The molecule has 1 fully saturated rings. The van der Waals surface area contributed by atoms with Crippen LogP contribution >= 0.6 is 11.8 Å². The van der Waals surface area contributed by atoms with Crippen molar-refractivity contribution in [2.45, 2.75) is 24.4 Å². The van der Waals surface area contributed by atoms with Gasteiger partial charge in [0.2, 0.25) is 0 Å². The first-order chi connectivity index (χ1) is 19.8. The van der Waals surface area contributed by atoms with E-state index in [0.717, 1.165) is 11.1 Å². The number of fused-ring (bicyclic) bond motifs is 1. The Kier molecular flexibility index (Phi) is 8.25. The molecule has 1 amide bonds. The molecule has 0 aliphatic carbocycles. The van der Waals surface area contributed by atoms with Gasteiger partial charge in [0.05, 0.1) is 4.92 Å². The number of carbonyl (C=O) groups excluding carboxylic acids is 3. The van der Waals surface area contributed by atoms with E-state index in [1.807, 2.05) is 60.7 Å². The summed E-state index contributed by atoms with van der Waals surface area (Å²) in [6.07, 6.45) is 0.758. The van der Waals surface area contributed by atoms with E-state index in [1.54, 1.807) is 12.1 Å². The normalized spacial score (nSPS) is 18.2. The molecule has 0 spiro atoms. The molecule has 0 saturated carbocycles. The molecule has 1 saturated heterocycles. The number of benzene rings is 3. The number of nitro benzene ring substituents is 1. The fourth-order valence-corrected chi connectivity index (χ4v) is 5.87. The summed E-state index contributed by atoms with van der Waals surface area (Å²) in [6, 6.07) is 23.6. The molecule has 2 aliphatic rings. The fourth-order valence-electron chi connectivity index (χ4n) is 4.55. The van der Waals surface area contributed by atoms with E-state index in [-0.39, 0.29) is 18.0 Å². The van der Waals surface area contributed by atoms with Gasteiger partial charge in [0, 0.05) is 36.6 Å². The molecule has 2 atom stereocenters. The molecular weight excluding hydrogens is 546 g/mol. The molecule has 0 unspecified atom stereocenters. The van der Waals surface area contributed by atoms with Crippen LogP contribution in [0.3, 0.4) is 0 Å². The van der Waals surface area contributed by atoms with E-state index in [2.05, 4.69) is 4.99 Å². The summed E-state index contributed by atoms with van der Waals surface area (Å²) in [4.78, 5) is 54.9. The maximum absolute atomic E-state index is 13.8. The lowest BCUT2D eigenvalue weighted by Gasteiger charge is -2.48. The Balaban J connectivity index is 1.41. The molecule has 0 N–H and O–H groups in total. The third kappa shape index (κ3) is 6.04. The fraction of sp³-hybridized carbons (Fsp3) is 0.200. The minimum atomic E-state index is -0.757. The SMILES string of the molecule is CC(=O)OCC1=C(C(=O)OC(c2ccccc2)c2ccccc2)N2C(=O)[C@@H](N=Cc3ccc([N+](=O)[O-])cc3)[C@H]2SC1. The number of ether oxygens (including phenoxy) is 2. The maximum atomic E-state index is 13.8. The molecule has 208 valence electrons. The van der Waals surface area contributed by atoms with E-state index in [1.165, 1.54) is 41.9 Å².